The Hall–Kier alpha value is -3.28. The fourth-order valence-electron chi connectivity index (χ4n) is 2.76. The van der Waals surface area contributed by atoms with Gasteiger partial charge in [0.25, 0.3) is 0 Å². The minimum atomic E-state index is -0.646. The summed E-state index contributed by atoms with van der Waals surface area (Å²) in [6, 6.07) is 12.4. The number of carbonyl (C=O) groups excluding carboxylic acids is 1. The quantitative estimate of drug-likeness (QED) is 0.659. The molecule has 0 saturated carbocycles. The number of hydrogen-bond donors (Lipinski definition) is 0. The summed E-state index contributed by atoms with van der Waals surface area (Å²) in [5.74, 6) is 0.624. The van der Waals surface area contributed by atoms with Gasteiger partial charge in [-0.2, -0.15) is 0 Å². The van der Waals surface area contributed by atoms with Crippen LogP contribution in [0.5, 0.6) is 11.5 Å². The van der Waals surface area contributed by atoms with E-state index >= 15 is 0 Å². The Bertz CT molecular complexity index is 1020. The van der Waals surface area contributed by atoms with Crippen LogP contribution < -0.4 is 14.9 Å². The molecule has 26 heavy (non-hydrogen) atoms. The van der Waals surface area contributed by atoms with Crippen molar-refractivity contribution in [2.24, 2.45) is 0 Å². The van der Waals surface area contributed by atoms with Gasteiger partial charge in [0.1, 0.15) is 17.1 Å². The Morgan fingerprint density at radius 1 is 1.04 bits per heavy atom. The Morgan fingerprint density at radius 2 is 1.77 bits per heavy atom. The molecule has 0 aliphatic rings. The van der Waals surface area contributed by atoms with Gasteiger partial charge in [0.2, 0.25) is 5.43 Å². The lowest BCUT2D eigenvalue weighted by Gasteiger charge is -2.15. The van der Waals surface area contributed by atoms with Crippen molar-refractivity contribution >= 4 is 16.9 Å². The number of benzene rings is 2. The standard InChI is InChI=1S/C20H19NO5/c1-4-26-20(23)17-12-21(13-6-5-7-14(10-13)24-2)18-11-15(25-3)8-9-16(18)19(17)22/h5-12H,4H2,1-3H3. The zero-order chi connectivity index (χ0) is 18.7. The average Bonchev–Trinajstić information content (AvgIpc) is 2.68. The number of aromatic nitrogens is 1. The zero-order valence-corrected chi connectivity index (χ0v) is 14.8. The van der Waals surface area contributed by atoms with E-state index in [1.807, 2.05) is 24.3 Å². The second-order valence-electron chi connectivity index (χ2n) is 5.55. The third kappa shape index (κ3) is 3.13. The van der Waals surface area contributed by atoms with Crippen LogP contribution in [0.1, 0.15) is 17.3 Å². The molecule has 6 heteroatoms. The number of hydrogen-bond acceptors (Lipinski definition) is 5. The van der Waals surface area contributed by atoms with E-state index < -0.39 is 5.97 Å². The van der Waals surface area contributed by atoms with Gasteiger partial charge in [-0.05, 0) is 31.2 Å². The Morgan fingerprint density at radius 3 is 2.46 bits per heavy atom. The smallest absolute Gasteiger partial charge is 0.343 e. The molecule has 0 spiro atoms. The average molecular weight is 353 g/mol. The molecule has 2 aromatic carbocycles. The second kappa shape index (κ2) is 7.31. The van der Waals surface area contributed by atoms with Crippen molar-refractivity contribution in [1.29, 1.82) is 0 Å². The summed E-state index contributed by atoms with van der Waals surface area (Å²) < 4.78 is 17.4. The number of pyridine rings is 1. The molecule has 0 saturated heterocycles. The molecule has 134 valence electrons. The minimum absolute atomic E-state index is 0.0210. The molecular weight excluding hydrogens is 334 g/mol. The van der Waals surface area contributed by atoms with Crippen molar-refractivity contribution in [3.05, 3.63) is 64.4 Å². The van der Waals surface area contributed by atoms with Gasteiger partial charge in [0, 0.05) is 29.4 Å². The van der Waals surface area contributed by atoms with Crippen LogP contribution >= 0.6 is 0 Å². The number of fused-ring (bicyclic) bond motifs is 1. The first kappa shape index (κ1) is 17.5. The lowest BCUT2D eigenvalue weighted by molar-refractivity contribution is 0.0524. The SMILES string of the molecule is CCOC(=O)c1cn(-c2cccc(OC)c2)c2cc(OC)ccc2c1=O. The monoisotopic (exact) mass is 353 g/mol. The molecule has 0 N–H and O–H groups in total. The highest BCUT2D eigenvalue weighted by Gasteiger charge is 2.18. The molecule has 0 aliphatic carbocycles. The fourth-order valence-corrected chi connectivity index (χ4v) is 2.76. The van der Waals surface area contributed by atoms with Crippen molar-refractivity contribution < 1.29 is 19.0 Å². The molecule has 0 unspecified atom stereocenters. The molecule has 6 nitrogen and oxygen atoms in total. The highest BCUT2D eigenvalue weighted by molar-refractivity contribution is 5.94. The van der Waals surface area contributed by atoms with Crippen LogP contribution in [0.25, 0.3) is 16.6 Å². The first-order chi connectivity index (χ1) is 12.6. The van der Waals surface area contributed by atoms with Gasteiger partial charge in [-0.3, -0.25) is 4.79 Å². The first-order valence-electron chi connectivity index (χ1n) is 8.14. The summed E-state index contributed by atoms with van der Waals surface area (Å²) in [5, 5.41) is 0.402. The highest BCUT2D eigenvalue weighted by Crippen LogP contribution is 2.24. The van der Waals surface area contributed by atoms with Gasteiger partial charge in [0.15, 0.2) is 0 Å². The summed E-state index contributed by atoms with van der Waals surface area (Å²) in [6.45, 7) is 1.89. The molecule has 0 amide bonds. The molecule has 0 bridgehead atoms. The van der Waals surface area contributed by atoms with Crippen LogP contribution in [-0.2, 0) is 4.74 Å². The van der Waals surface area contributed by atoms with E-state index in [9.17, 15) is 9.59 Å². The van der Waals surface area contributed by atoms with Crippen LogP contribution in [0, 0.1) is 0 Å². The predicted octanol–water partition coefficient (Wildman–Crippen LogP) is 3.18. The van der Waals surface area contributed by atoms with Crippen molar-refractivity contribution in [2.75, 3.05) is 20.8 Å². The molecule has 3 rings (SSSR count). The van der Waals surface area contributed by atoms with Crippen molar-refractivity contribution in [3.8, 4) is 17.2 Å². The molecule has 0 atom stereocenters. The van der Waals surface area contributed by atoms with E-state index in [0.29, 0.717) is 22.4 Å². The van der Waals surface area contributed by atoms with Crippen LogP contribution in [0.3, 0.4) is 0 Å². The van der Waals surface area contributed by atoms with E-state index in [1.165, 1.54) is 6.20 Å². The second-order valence-corrected chi connectivity index (χ2v) is 5.55. The van der Waals surface area contributed by atoms with Gasteiger partial charge in [-0.25, -0.2) is 4.79 Å². The highest BCUT2D eigenvalue weighted by atomic mass is 16.5. The maximum absolute atomic E-state index is 12.8. The normalized spacial score (nSPS) is 10.6. The van der Waals surface area contributed by atoms with Crippen molar-refractivity contribution in [3.63, 3.8) is 0 Å². The third-order valence-electron chi connectivity index (χ3n) is 4.04. The van der Waals surface area contributed by atoms with E-state index in [0.717, 1.165) is 5.69 Å². The predicted molar refractivity (Wildman–Crippen MR) is 98.6 cm³/mol. The molecular formula is C20H19NO5. The molecule has 3 aromatic rings. The summed E-state index contributed by atoms with van der Waals surface area (Å²) in [4.78, 5) is 25.0. The number of carbonyl (C=O) groups is 1. The molecule has 1 heterocycles. The first-order valence-corrected chi connectivity index (χ1v) is 8.14. The molecule has 0 radical (unpaired) electrons. The Kier molecular flexibility index (Phi) is 4.93. The van der Waals surface area contributed by atoms with Gasteiger partial charge in [-0.1, -0.05) is 6.07 Å². The zero-order valence-electron chi connectivity index (χ0n) is 14.8. The van der Waals surface area contributed by atoms with E-state index in [2.05, 4.69) is 0 Å². The number of esters is 1. The van der Waals surface area contributed by atoms with Crippen LogP contribution in [0.15, 0.2) is 53.5 Å². The third-order valence-corrected chi connectivity index (χ3v) is 4.04. The van der Waals surface area contributed by atoms with Gasteiger partial charge < -0.3 is 18.8 Å². The summed E-state index contributed by atoms with van der Waals surface area (Å²) in [5.41, 5.74) is 0.969. The lowest BCUT2D eigenvalue weighted by atomic mass is 10.1. The number of methoxy groups -OCH3 is 2. The Balaban J connectivity index is 2.35. The summed E-state index contributed by atoms with van der Waals surface area (Å²) >= 11 is 0. The van der Waals surface area contributed by atoms with Crippen molar-refractivity contribution in [1.82, 2.24) is 4.57 Å². The van der Waals surface area contributed by atoms with E-state index in [-0.39, 0.29) is 17.6 Å². The fraction of sp³-hybridized carbons (Fsp3) is 0.200. The van der Waals surface area contributed by atoms with Gasteiger partial charge in [0.05, 0.1) is 26.3 Å². The maximum Gasteiger partial charge on any atom is 0.343 e. The largest absolute Gasteiger partial charge is 0.497 e. The topological polar surface area (TPSA) is 66.8 Å². The van der Waals surface area contributed by atoms with Crippen LogP contribution in [0.2, 0.25) is 0 Å². The number of ether oxygens (including phenoxy) is 3. The number of nitrogens with zero attached hydrogens (tertiary/aromatic N) is 1. The van der Waals surface area contributed by atoms with Crippen LogP contribution in [-0.4, -0.2) is 31.4 Å². The summed E-state index contributed by atoms with van der Waals surface area (Å²) in [7, 11) is 3.14. The summed E-state index contributed by atoms with van der Waals surface area (Å²) in [6.07, 6.45) is 1.50. The molecule has 1 aromatic heterocycles. The number of rotatable bonds is 5. The van der Waals surface area contributed by atoms with Gasteiger partial charge in [-0.15, -0.1) is 0 Å². The molecule has 0 aliphatic heterocycles. The van der Waals surface area contributed by atoms with Crippen molar-refractivity contribution in [2.45, 2.75) is 6.92 Å². The van der Waals surface area contributed by atoms with E-state index in [1.54, 1.807) is 43.9 Å². The molecule has 0 fully saturated rings. The van der Waals surface area contributed by atoms with Gasteiger partial charge >= 0.3 is 5.97 Å². The van der Waals surface area contributed by atoms with Crippen LogP contribution in [0.4, 0.5) is 0 Å². The maximum atomic E-state index is 12.8. The minimum Gasteiger partial charge on any atom is -0.497 e. The lowest BCUT2D eigenvalue weighted by Crippen LogP contribution is -2.20. The Labute approximate surface area is 150 Å². The van der Waals surface area contributed by atoms with E-state index in [4.69, 9.17) is 14.2 Å².